The minimum atomic E-state index is -0.464. The fourth-order valence-electron chi connectivity index (χ4n) is 2.17. The topological polar surface area (TPSA) is 84.1 Å². The molecule has 0 spiro atoms. The molecule has 2 heterocycles. The van der Waals surface area contributed by atoms with Crippen LogP contribution in [0.2, 0.25) is 0 Å². The van der Waals surface area contributed by atoms with Crippen molar-refractivity contribution in [3.8, 4) is 0 Å². The van der Waals surface area contributed by atoms with Gasteiger partial charge in [-0.15, -0.1) is 0 Å². The van der Waals surface area contributed by atoms with Gasteiger partial charge < -0.3 is 15.0 Å². The Morgan fingerprint density at radius 3 is 2.62 bits per heavy atom. The second-order valence-corrected chi connectivity index (χ2v) is 4.74. The average Bonchev–Trinajstić information content (AvgIpc) is 2.76. The summed E-state index contributed by atoms with van der Waals surface area (Å²) in [5.74, 6) is -0.310. The molecule has 0 saturated heterocycles. The molecule has 0 fully saturated rings. The summed E-state index contributed by atoms with van der Waals surface area (Å²) in [7, 11) is 1.31. The van der Waals surface area contributed by atoms with Crippen molar-refractivity contribution in [2.45, 2.75) is 20.8 Å². The molecule has 0 unspecified atom stereocenters. The molecule has 6 nitrogen and oxygen atoms in total. The molecule has 0 saturated carbocycles. The highest BCUT2D eigenvalue weighted by atomic mass is 16.5. The maximum Gasteiger partial charge on any atom is 0.339 e. The first-order valence-corrected chi connectivity index (χ1v) is 6.46. The van der Waals surface area contributed by atoms with Crippen LogP contribution >= 0.6 is 0 Å². The smallest absolute Gasteiger partial charge is 0.339 e. The summed E-state index contributed by atoms with van der Waals surface area (Å²) in [5, 5.41) is 2.73. The maximum absolute atomic E-state index is 12.3. The Balaban J connectivity index is 2.33. The van der Waals surface area contributed by atoms with Crippen LogP contribution in [-0.2, 0) is 4.74 Å². The van der Waals surface area contributed by atoms with Crippen LogP contribution in [0.1, 0.15) is 37.7 Å². The minimum absolute atomic E-state index is 0.331. The van der Waals surface area contributed by atoms with Crippen molar-refractivity contribution >= 4 is 17.7 Å². The number of nitrogens with zero attached hydrogens (tertiary/aromatic N) is 1. The number of ether oxygens (including phenoxy) is 1. The van der Waals surface area contributed by atoms with E-state index in [0.717, 1.165) is 5.56 Å². The predicted molar refractivity (Wildman–Crippen MR) is 78.5 cm³/mol. The monoisotopic (exact) mass is 287 g/mol. The normalized spacial score (nSPS) is 10.3. The van der Waals surface area contributed by atoms with E-state index in [1.165, 1.54) is 7.11 Å². The van der Waals surface area contributed by atoms with Crippen LogP contribution in [0.15, 0.2) is 18.3 Å². The number of nitrogens with one attached hydrogen (secondary N) is 2. The third-order valence-electron chi connectivity index (χ3n) is 3.30. The highest BCUT2D eigenvalue weighted by Crippen LogP contribution is 2.20. The average molecular weight is 287 g/mol. The number of H-pyrrole nitrogens is 1. The molecule has 2 aromatic heterocycles. The minimum Gasteiger partial charge on any atom is -0.465 e. The van der Waals surface area contributed by atoms with Crippen molar-refractivity contribution in [1.82, 2.24) is 9.97 Å². The van der Waals surface area contributed by atoms with E-state index >= 15 is 0 Å². The molecule has 0 aliphatic heterocycles. The van der Waals surface area contributed by atoms with Crippen LogP contribution in [0, 0.1) is 20.8 Å². The molecular weight excluding hydrogens is 270 g/mol. The molecule has 21 heavy (non-hydrogen) atoms. The number of hydrogen-bond donors (Lipinski definition) is 2. The zero-order valence-corrected chi connectivity index (χ0v) is 12.4. The molecule has 0 aromatic carbocycles. The van der Waals surface area contributed by atoms with Crippen molar-refractivity contribution in [2.75, 3.05) is 12.4 Å². The third-order valence-corrected chi connectivity index (χ3v) is 3.30. The second kappa shape index (κ2) is 5.78. The first kappa shape index (κ1) is 14.8. The lowest BCUT2D eigenvalue weighted by Crippen LogP contribution is -2.15. The lowest BCUT2D eigenvalue weighted by Gasteiger charge is -2.06. The van der Waals surface area contributed by atoms with Gasteiger partial charge in [0.2, 0.25) is 0 Å². The van der Waals surface area contributed by atoms with E-state index in [1.807, 2.05) is 13.0 Å². The number of aromatic nitrogens is 2. The summed E-state index contributed by atoms with van der Waals surface area (Å²) in [6.07, 6.45) is 1.61. The molecule has 0 aliphatic rings. The van der Waals surface area contributed by atoms with Gasteiger partial charge in [0, 0.05) is 11.9 Å². The van der Waals surface area contributed by atoms with Gasteiger partial charge in [-0.1, -0.05) is 6.07 Å². The Kier molecular flexibility index (Phi) is 4.07. The van der Waals surface area contributed by atoms with Crippen LogP contribution in [0.3, 0.4) is 0 Å². The van der Waals surface area contributed by atoms with Gasteiger partial charge in [-0.3, -0.25) is 4.79 Å². The lowest BCUT2D eigenvalue weighted by atomic mass is 10.1. The summed E-state index contributed by atoms with van der Waals surface area (Å²) in [6, 6.07) is 3.65. The van der Waals surface area contributed by atoms with Crippen LogP contribution in [0.25, 0.3) is 0 Å². The van der Waals surface area contributed by atoms with Crippen molar-refractivity contribution < 1.29 is 14.3 Å². The summed E-state index contributed by atoms with van der Waals surface area (Å²) in [4.78, 5) is 31.1. The summed E-state index contributed by atoms with van der Waals surface area (Å²) in [6.45, 7) is 5.29. The van der Waals surface area contributed by atoms with E-state index in [4.69, 9.17) is 4.74 Å². The molecule has 2 N–H and O–H groups in total. The van der Waals surface area contributed by atoms with Crippen molar-refractivity contribution in [1.29, 1.82) is 0 Å². The van der Waals surface area contributed by atoms with Crippen molar-refractivity contribution in [3.63, 3.8) is 0 Å². The van der Waals surface area contributed by atoms with Gasteiger partial charge >= 0.3 is 5.97 Å². The van der Waals surface area contributed by atoms with Crippen molar-refractivity contribution in [2.24, 2.45) is 0 Å². The number of aromatic amines is 1. The molecule has 1 amide bonds. The zero-order chi connectivity index (χ0) is 15.6. The highest BCUT2D eigenvalue weighted by Gasteiger charge is 2.22. The van der Waals surface area contributed by atoms with Crippen LogP contribution in [0.4, 0.5) is 5.82 Å². The molecular formula is C15H17N3O3. The number of pyridine rings is 1. The van der Waals surface area contributed by atoms with E-state index in [1.54, 1.807) is 26.1 Å². The third kappa shape index (κ3) is 2.79. The number of rotatable bonds is 3. The van der Waals surface area contributed by atoms with Gasteiger partial charge in [0.1, 0.15) is 11.5 Å². The number of anilines is 1. The Labute approximate surface area is 122 Å². The summed E-state index contributed by atoms with van der Waals surface area (Å²) in [5.41, 5.74) is 2.74. The maximum atomic E-state index is 12.3. The van der Waals surface area contributed by atoms with Gasteiger partial charge in [0.25, 0.3) is 5.91 Å². The fraction of sp³-hybridized carbons (Fsp3) is 0.267. The standard InChI is InChI=1S/C15H17N3O3/c1-8-6-5-7-16-13(8)18-14(19)12-9(2)11(10(3)17-12)15(20)21-4/h5-7,17H,1-4H3,(H,16,18,19). The van der Waals surface area contributed by atoms with Gasteiger partial charge in [-0.25, -0.2) is 9.78 Å². The number of esters is 1. The summed E-state index contributed by atoms with van der Waals surface area (Å²) >= 11 is 0. The van der Waals surface area contributed by atoms with E-state index in [-0.39, 0.29) is 5.91 Å². The molecule has 0 bridgehead atoms. The Morgan fingerprint density at radius 1 is 1.29 bits per heavy atom. The van der Waals surface area contributed by atoms with Gasteiger partial charge in [0.05, 0.1) is 12.7 Å². The molecule has 110 valence electrons. The zero-order valence-electron chi connectivity index (χ0n) is 12.4. The highest BCUT2D eigenvalue weighted by molar-refractivity contribution is 6.06. The lowest BCUT2D eigenvalue weighted by molar-refractivity contribution is 0.0599. The van der Waals surface area contributed by atoms with E-state index < -0.39 is 5.97 Å². The number of methoxy groups -OCH3 is 1. The van der Waals surface area contributed by atoms with E-state index in [0.29, 0.717) is 28.3 Å². The SMILES string of the molecule is COC(=O)c1c(C)[nH]c(C(=O)Nc2ncccc2C)c1C. The first-order valence-electron chi connectivity index (χ1n) is 6.46. The Bertz CT molecular complexity index is 704. The Hall–Kier alpha value is -2.63. The number of amides is 1. The largest absolute Gasteiger partial charge is 0.465 e. The number of carbonyl (C=O) groups is 2. The Morgan fingerprint density at radius 2 is 2.00 bits per heavy atom. The number of aryl methyl sites for hydroxylation is 2. The van der Waals surface area contributed by atoms with Crippen LogP contribution in [0.5, 0.6) is 0 Å². The van der Waals surface area contributed by atoms with Crippen LogP contribution in [-0.4, -0.2) is 29.0 Å². The van der Waals surface area contributed by atoms with Gasteiger partial charge in [0.15, 0.2) is 0 Å². The molecule has 6 heteroatoms. The van der Waals surface area contributed by atoms with E-state index in [2.05, 4.69) is 15.3 Å². The van der Waals surface area contributed by atoms with Crippen LogP contribution < -0.4 is 5.32 Å². The molecule has 0 atom stereocenters. The number of carbonyl (C=O) groups excluding carboxylic acids is 2. The van der Waals surface area contributed by atoms with Gasteiger partial charge in [-0.05, 0) is 38.0 Å². The quantitative estimate of drug-likeness (QED) is 0.849. The number of hydrogen-bond acceptors (Lipinski definition) is 4. The summed E-state index contributed by atoms with van der Waals surface area (Å²) < 4.78 is 4.73. The molecule has 0 aliphatic carbocycles. The van der Waals surface area contributed by atoms with Crippen molar-refractivity contribution in [3.05, 3.63) is 46.4 Å². The fourth-order valence-corrected chi connectivity index (χ4v) is 2.17. The molecule has 2 rings (SSSR count). The van der Waals surface area contributed by atoms with Gasteiger partial charge in [-0.2, -0.15) is 0 Å². The van der Waals surface area contributed by atoms with E-state index in [9.17, 15) is 9.59 Å². The first-order chi connectivity index (χ1) is 9.95. The molecule has 2 aromatic rings. The molecule has 0 radical (unpaired) electrons. The second-order valence-electron chi connectivity index (χ2n) is 4.74. The predicted octanol–water partition coefficient (Wildman–Crippen LogP) is 2.37.